The molecule has 0 N–H and O–H groups in total. The van der Waals surface area contributed by atoms with Crippen molar-refractivity contribution >= 4 is 75.1 Å². The van der Waals surface area contributed by atoms with Crippen LogP contribution in [0.15, 0.2) is 158 Å². The summed E-state index contributed by atoms with van der Waals surface area (Å²) in [5, 5.41) is 7.74. The van der Waals surface area contributed by atoms with Crippen molar-refractivity contribution in [1.82, 2.24) is 9.13 Å². The molecule has 0 unspecified atom stereocenters. The molecule has 0 spiro atoms. The minimum Gasteiger partial charge on any atom is -0.309 e. The standard InChI is InChI=1S/C42H26N2S/c1-2-13-28(14-3-1)44-36-21-7-4-16-31(36)33-24-25-38-40(41(33)44)35-18-5-8-22-37(35)43(38)29-15-10-12-27(26-29)30-19-11-20-34-32-17-6-9-23-39(32)45-42(30)34/h1-26H. The fourth-order valence-corrected chi connectivity index (χ4v) is 8.66. The Hall–Kier alpha value is -5.64. The maximum Gasteiger partial charge on any atom is 0.0641 e. The van der Waals surface area contributed by atoms with Crippen LogP contribution in [0.1, 0.15) is 0 Å². The van der Waals surface area contributed by atoms with Gasteiger partial charge in [0.15, 0.2) is 0 Å². The van der Waals surface area contributed by atoms with Crippen molar-refractivity contribution in [3.05, 3.63) is 158 Å². The zero-order chi connectivity index (χ0) is 29.5. The number of aromatic nitrogens is 2. The van der Waals surface area contributed by atoms with Gasteiger partial charge in [-0.05, 0) is 59.7 Å². The summed E-state index contributed by atoms with van der Waals surface area (Å²) in [5.74, 6) is 0. The molecule has 3 aromatic heterocycles. The van der Waals surface area contributed by atoms with E-state index < -0.39 is 0 Å². The average molecular weight is 591 g/mol. The summed E-state index contributed by atoms with van der Waals surface area (Å²) in [5.41, 5.74) is 9.74. The molecule has 10 rings (SSSR count). The first-order valence-corrected chi connectivity index (χ1v) is 16.2. The summed E-state index contributed by atoms with van der Waals surface area (Å²) in [4.78, 5) is 0. The molecule has 0 aliphatic carbocycles. The lowest BCUT2D eigenvalue weighted by Gasteiger charge is -2.12. The van der Waals surface area contributed by atoms with Gasteiger partial charge in [-0.1, -0.05) is 109 Å². The van der Waals surface area contributed by atoms with Crippen molar-refractivity contribution in [2.75, 3.05) is 0 Å². The Morgan fingerprint density at radius 2 is 1.07 bits per heavy atom. The first-order chi connectivity index (χ1) is 22.3. The molecule has 0 bridgehead atoms. The lowest BCUT2D eigenvalue weighted by molar-refractivity contribution is 1.17. The number of benzene rings is 7. The third kappa shape index (κ3) is 3.50. The summed E-state index contributed by atoms with van der Waals surface area (Å²) in [6.07, 6.45) is 0. The second-order valence-corrected chi connectivity index (χ2v) is 12.8. The van der Waals surface area contributed by atoms with Crippen LogP contribution < -0.4 is 0 Å². The zero-order valence-corrected chi connectivity index (χ0v) is 25.1. The van der Waals surface area contributed by atoms with Gasteiger partial charge in [-0.2, -0.15) is 0 Å². The summed E-state index contributed by atoms with van der Waals surface area (Å²) in [7, 11) is 0. The van der Waals surface area contributed by atoms with Crippen LogP contribution >= 0.6 is 11.3 Å². The van der Waals surface area contributed by atoms with Gasteiger partial charge in [0, 0.05) is 53.1 Å². The van der Waals surface area contributed by atoms with Gasteiger partial charge in [0.2, 0.25) is 0 Å². The Balaban J connectivity index is 1.29. The lowest BCUT2D eigenvalue weighted by atomic mass is 10.0. The van der Waals surface area contributed by atoms with Crippen LogP contribution in [0.4, 0.5) is 0 Å². The predicted molar refractivity (Wildman–Crippen MR) is 193 cm³/mol. The average Bonchev–Trinajstić information content (AvgIpc) is 3.76. The molecular weight excluding hydrogens is 565 g/mol. The van der Waals surface area contributed by atoms with E-state index in [0.717, 1.165) is 0 Å². The van der Waals surface area contributed by atoms with Gasteiger partial charge in [-0.15, -0.1) is 11.3 Å². The molecular formula is C42H26N2S. The fourth-order valence-electron chi connectivity index (χ4n) is 7.42. The maximum atomic E-state index is 2.45. The fraction of sp³-hybridized carbons (Fsp3) is 0. The highest BCUT2D eigenvalue weighted by Gasteiger charge is 2.21. The molecule has 0 saturated heterocycles. The Morgan fingerprint density at radius 3 is 1.93 bits per heavy atom. The van der Waals surface area contributed by atoms with Gasteiger partial charge < -0.3 is 9.13 Å². The zero-order valence-electron chi connectivity index (χ0n) is 24.3. The molecule has 2 nitrogen and oxygen atoms in total. The molecule has 210 valence electrons. The number of rotatable bonds is 3. The summed E-state index contributed by atoms with van der Waals surface area (Å²) in [6, 6.07) is 57.6. The molecule has 0 atom stereocenters. The van der Waals surface area contributed by atoms with Crippen LogP contribution in [0.25, 0.3) is 86.3 Å². The summed E-state index contributed by atoms with van der Waals surface area (Å²) < 4.78 is 7.57. The molecule has 7 aromatic carbocycles. The molecule has 0 aliphatic rings. The van der Waals surface area contributed by atoms with Crippen LogP contribution in [0.5, 0.6) is 0 Å². The number of thiophene rings is 1. The first-order valence-electron chi connectivity index (χ1n) is 15.4. The second-order valence-electron chi connectivity index (χ2n) is 11.7. The predicted octanol–water partition coefficient (Wildman–Crippen LogP) is 11.9. The molecule has 3 heterocycles. The van der Waals surface area contributed by atoms with Crippen molar-refractivity contribution in [1.29, 1.82) is 0 Å². The molecule has 0 fully saturated rings. The molecule has 3 heteroatoms. The van der Waals surface area contributed by atoms with Crippen molar-refractivity contribution in [2.24, 2.45) is 0 Å². The van der Waals surface area contributed by atoms with Gasteiger partial charge in [-0.3, -0.25) is 0 Å². The molecule has 10 aromatic rings. The van der Waals surface area contributed by atoms with E-state index in [4.69, 9.17) is 0 Å². The van der Waals surface area contributed by atoms with E-state index in [0.29, 0.717) is 0 Å². The number of fused-ring (bicyclic) bond motifs is 10. The Bertz CT molecular complexity index is 2760. The van der Waals surface area contributed by atoms with Crippen molar-refractivity contribution in [2.45, 2.75) is 0 Å². The van der Waals surface area contributed by atoms with E-state index in [9.17, 15) is 0 Å². The largest absolute Gasteiger partial charge is 0.309 e. The number of nitrogens with zero attached hydrogens (tertiary/aromatic N) is 2. The SMILES string of the molecule is c1ccc(-n2c3ccccc3c3ccc4c(c5ccccc5n4-c4cccc(-c5cccc6c5sc5ccccc56)c4)c32)cc1. The highest BCUT2D eigenvalue weighted by Crippen LogP contribution is 2.43. The van der Waals surface area contributed by atoms with Crippen molar-refractivity contribution < 1.29 is 0 Å². The van der Waals surface area contributed by atoms with Crippen molar-refractivity contribution in [3.8, 4) is 22.5 Å². The Morgan fingerprint density at radius 1 is 0.400 bits per heavy atom. The molecule has 0 amide bonds. The van der Waals surface area contributed by atoms with E-state index in [1.165, 1.54) is 86.3 Å². The highest BCUT2D eigenvalue weighted by atomic mass is 32.1. The van der Waals surface area contributed by atoms with E-state index in [1.807, 2.05) is 11.3 Å². The number of hydrogen-bond acceptors (Lipinski definition) is 1. The van der Waals surface area contributed by atoms with Crippen LogP contribution in [0.3, 0.4) is 0 Å². The second kappa shape index (κ2) is 9.43. The number of hydrogen-bond donors (Lipinski definition) is 0. The minimum absolute atomic E-state index is 1.17. The third-order valence-electron chi connectivity index (χ3n) is 9.30. The molecule has 0 saturated carbocycles. The number of para-hydroxylation sites is 3. The van der Waals surface area contributed by atoms with Crippen LogP contribution in [0, 0.1) is 0 Å². The maximum absolute atomic E-state index is 2.45. The van der Waals surface area contributed by atoms with Gasteiger partial charge in [-0.25, -0.2) is 0 Å². The van der Waals surface area contributed by atoms with Crippen LogP contribution in [0.2, 0.25) is 0 Å². The molecule has 0 radical (unpaired) electrons. The van der Waals surface area contributed by atoms with Gasteiger partial charge >= 0.3 is 0 Å². The Kier molecular flexibility index (Phi) is 5.19. The lowest BCUT2D eigenvalue weighted by Crippen LogP contribution is -1.95. The quantitative estimate of drug-likeness (QED) is 0.194. The third-order valence-corrected chi connectivity index (χ3v) is 10.5. The highest BCUT2D eigenvalue weighted by molar-refractivity contribution is 7.26. The summed E-state index contributed by atoms with van der Waals surface area (Å²) in [6.45, 7) is 0. The first kappa shape index (κ1) is 24.8. The molecule has 0 aliphatic heterocycles. The van der Waals surface area contributed by atoms with E-state index in [2.05, 4.69) is 167 Å². The summed E-state index contributed by atoms with van der Waals surface area (Å²) >= 11 is 1.88. The normalized spacial score (nSPS) is 12.0. The Labute approximate surface area is 263 Å². The monoisotopic (exact) mass is 590 g/mol. The van der Waals surface area contributed by atoms with Crippen LogP contribution in [-0.2, 0) is 0 Å². The molecule has 45 heavy (non-hydrogen) atoms. The van der Waals surface area contributed by atoms with E-state index in [1.54, 1.807) is 0 Å². The smallest absolute Gasteiger partial charge is 0.0641 e. The topological polar surface area (TPSA) is 9.86 Å². The van der Waals surface area contributed by atoms with Crippen molar-refractivity contribution in [3.63, 3.8) is 0 Å². The van der Waals surface area contributed by atoms with Gasteiger partial charge in [0.25, 0.3) is 0 Å². The van der Waals surface area contributed by atoms with Gasteiger partial charge in [0.05, 0.1) is 22.1 Å². The van der Waals surface area contributed by atoms with Gasteiger partial charge in [0.1, 0.15) is 0 Å². The van der Waals surface area contributed by atoms with Crippen LogP contribution in [-0.4, -0.2) is 9.13 Å². The van der Waals surface area contributed by atoms with E-state index in [-0.39, 0.29) is 0 Å². The van der Waals surface area contributed by atoms with E-state index >= 15 is 0 Å². The minimum atomic E-state index is 1.17.